The van der Waals surface area contributed by atoms with Crippen molar-refractivity contribution in [3.05, 3.63) is 81.9 Å². The van der Waals surface area contributed by atoms with E-state index in [0.717, 1.165) is 0 Å². The summed E-state index contributed by atoms with van der Waals surface area (Å²) in [6.45, 7) is 2.11. The second-order valence-corrected chi connectivity index (χ2v) is 5.39. The van der Waals surface area contributed by atoms with Gasteiger partial charge in [-0.25, -0.2) is 12.1 Å². The van der Waals surface area contributed by atoms with E-state index in [1.807, 2.05) is 12.1 Å². The largest absolute Gasteiger partial charge is 2.00 e. The van der Waals surface area contributed by atoms with Gasteiger partial charge in [-0.05, 0) is 6.92 Å². The molecule has 0 aliphatic carbocycles. The van der Waals surface area contributed by atoms with Gasteiger partial charge < -0.3 is 0 Å². The van der Waals surface area contributed by atoms with Crippen molar-refractivity contribution in [2.75, 3.05) is 0 Å². The van der Waals surface area contributed by atoms with Gasteiger partial charge in [-0.1, -0.05) is 26.8 Å². The molecule has 0 fully saturated rings. The third-order valence-corrected chi connectivity index (χ3v) is 3.39. The Hall–Kier alpha value is -0.831. The quantitative estimate of drug-likeness (QED) is 0.291. The van der Waals surface area contributed by atoms with E-state index in [9.17, 15) is 0 Å². The van der Waals surface area contributed by atoms with Crippen molar-refractivity contribution in [2.45, 2.75) is 6.92 Å². The standard InChI is InChI=1S/C12H11.C5H4I.Fe/c1-10-6-8-12(9-7-10)11-4-2-3-5-11;6-5-3-1-2-4-5;/h2-9H,1H3;1-4H;/q2*-1;+2. The Morgan fingerprint density at radius 3 is 1.68 bits per heavy atom. The fraction of sp³-hybridized carbons (Fsp3) is 0.0588. The summed E-state index contributed by atoms with van der Waals surface area (Å²) in [5.74, 6) is 0. The molecule has 0 bridgehead atoms. The van der Waals surface area contributed by atoms with Gasteiger partial charge in [-0.2, -0.15) is 24.3 Å². The molecular weight excluding hydrogens is 387 g/mol. The van der Waals surface area contributed by atoms with E-state index in [1.54, 1.807) is 0 Å². The van der Waals surface area contributed by atoms with Crippen LogP contribution in [0.3, 0.4) is 0 Å². The molecule has 3 aromatic rings. The predicted molar refractivity (Wildman–Crippen MR) is 87.0 cm³/mol. The normalized spacial score (nSPS) is 9.16. The minimum absolute atomic E-state index is 0. The summed E-state index contributed by atoms with van der Waals surface area (Å²) in [6, 6.07) is 25.2. The topological polar surface area (TPSA) is 0 Å². The molecule has 0 N–H and O–H groups in total. The van der Waals surface area contributed by atoms with Crippen LogP contribution in [0.4, 0.5) is 0 Å². The van der Waals surface area contributed by atoms with Crippen LogP contribution >= 0.6 is 22.6 Å². The third-order valence-electron chi connectivity index (χ3n) is 2.67. The molecule has 0 aromatic heterocycles. The molecule has 0 saturated heterocycles. The van der Waals surface area contributed by atoms with Crippen molar-refractivity contribution in [3.63, 3.8) is 0 Å². The Morgan fingerprint density at radius 1 is 0.789 bits per heavy atom. The van der Waals surface area contributed by atoms with Crippen LogP contribution in [-0.2, 0) is 17.1 Å². The summed E-state index contributed by atoms with van der Waals surface area (Å²) >= 11 is 2.28. The summed E-state index contributed by atoms with van der Waals surface area (Å²) in [4.78, 5) is 0. The molecule has 0 nitrogen and oxygen atoms in total. The Kier molecular flexibility index (Phi) is 7.14. The average Bonchev–Trinajstić information content (AvgIpc) is 3.03. The number of rotatable bonds is 1. The van der Waals surface area contributed by atoms with Gasteiger partial charge in [-0.15, -0.1) is 52.4 Å². The van der Waals surface area contributed by atoms with Gasteiger partial charge >= 0.3 is 17.1 Å². The molecule has 3 aromatic carbocycles. The van der Waals surface area contributed by atoms with Crippen molar-refractivity contribution in [3.8, 4) is 11.1 Å². The second kappa shape index (κ2) is 8.36. The Labute approximate surface area is 139 Å². The smallest absolute Gasteiger partial charge is 0.213 e. The molecule has 0 aliphatic rings. The SMILES string of the molecule is Cc1ccc(-[c-]2cccc2)cc1.I[c-]1cccc1.[Fe+2]. The zero-order valence-electron chi connectivity index (χ0n) is 10.7. The van der Waals surface area contributed by atoms with Gasteiger partial charge in [0.25, 0.3) is 0 Å². The van der Waals surface area contributed by atoms with Crippen LogP contribution in [0.1, 0.15) is 5.56 Å². The first-order valence-corrected chi connectivity index (χ1v) is 6.99. The minimum atomic E-state index is 0. The second-order valence-electron chi connectivity index (χ2n) is 4.14. The Bertz CT molecular complexity index is 548. The molecule has 2 heteroatoms. The van der Waals surface area contributed by atoms with Crippen LogP contribution in [0.15, 0.2) is 72.8 Å². The summed E-state index contributed by atoms with van der Waals surface area (Å²) in [6.07, 6.45) is 0. The van der Waals surface area contributed by atoms with Crippen LogP contribution in [-0.4, -0.2) is 0 Å². The van der Waals surface area contributed by atoms with E-state index >= 15 is 0 Å². The summed E-state index contributed by atoms with van der Waals surface area (Å²) in [5.41, 5.74) is 3.91. The van der Waals surface area contributed by atoms with Crippen molar-refractivity contribution >= 4 is 22.6 Å². The van der Waals surface area contributed by atoms with E-state index in [4.69, 9.17) is 0 Å². The Balaban J connectivity index is 0.000000220. The van der Waals surface area contributed by atoms with Crippen molar-refractivity contribution < 1.29 is 17.1 Å². The minimum Gasteiger partial charge on any atom is -0.213 e. The third kappa shape index (κ3) is 5.35. The van der Waals surface area contributed by atoms with Gasteiger partial charge in [0.2, 0.25) is 0 Å². The molecule has 0 heterocycles. The van der Waals surface area contributed by atoms with Crippen LogP contribution in [0.25, 0.3) is 11.1 Å². The Morgan fingerprint density at radius 2 is 1.26 bits per heavy atom. The van der Waals surface area contributed by atoms with E-state index in [2.05, 4.69) is 90.2 Å². The van der Waals surface area contributed by atoms with Gasteiger partial charge in [0, 0.05) is 0 Å². The van der Waals surface area contributed by atoms with E-state index in [0.29, 0.717) is 0 Å². The first-order valence-electron chi connectivity index (χ1n) is 5.92. The van der Waals surface area contributed by atoms with Crippen LogP contribution in [0.2, 0.25) is 0 Å². The molecule has 0 atom stereocenters. The van der Waals surface area contributed by atoms with E-state index < -0.39 is 0 Å². The fourth-order valence-corrected chi connectivity index (χ4v) is 2.08. The maximum Gasteiger partial charge on any atom is 2.00 e. The summed E-state index contributed by atoms with van der Waals surface area (Å²) in [5, 5.41) is 0. The van der Waals surface area contributed by atoms with Crippen LogP contribution < -0.4 is 0 Å². The molecule has 98 valence electrons. The molecule has 0 unspecified atom stereocenters. The van der Waals surface area contributed by atoms with Crippen LogP contribution in [0, 0.1) is 10.5 Å². The molecule has 19 heavy (non-hydrogen) atoms. The monoisotopic (exact) mass is 402 g/mol. The molecule has 0 radical (unpaired) electrons. The molecule has 0 amide bonds. The molecule has 3 rings (SSSR count). The van der Waals surface area contributed by atoms with Gasteiger partial charge in [0.15, 0.2) is 0 Å². The first kappa shape index (κ1) is 16.2. The zero-order chi connectivity index (χ0) is 12.8. The van der Waals surface area contributed by atoms with Crippen molar-refractivity contribution in [2.24, 2.45) is 0 Å². The maximum atomic E-state index is 2.28. The average molecular weight is 402 g/mol. The van der Waals surface area contributed by atoms with E-state index in [-0.39, 0.29) is 17.1 Å². The van der Waals surface area contributed by atoms with Gasteiger partial charge in [-0.3, -0.25) is 0 Å². The van der Waals surface area contributed by atoms with Crippen LogP contribution in [0.5, 0.6) is 0 Å². The molecule has 0 spiro atoms. The fourth-order valence-electron chi connectivity index (χ4n) is 1.66. The van der Waals surface area contributed by atoms with Gasteiger partial charge in [0.1, 0.15) is 0 Å². The number of aryl methyl sites for hydroxylation is 1. The van der Waals surface area contributed by atoms with Gasteiger partial charge in [0.05, 0.1) is 0 Å². The van der Waals surface area contributed by atoms with Crippen molar-refractivity contribution in [1.82, 2.24) is 0 Å². The maximum absolute atomic E-state index is 2.28. The predicted octanol–water partition coefficient (Wildman–Crippen LogP) is 5.39. The molecule has 0 aliphatic heterocycles. The zero-order valence-corrected chi connectivity index (χ0v) is 13.9. The molecule has 0 saturated carbocycles. The first-order chi connectivity index (χ1) is 8.75. The van der Waals surface area contributed by atoms with E-state index in [1.165, 1.54) is 20.3 Å². The summed E-state index contributed by atoms with van der Waals surface area (Å²) < 4.78 is 1.31. The van der Waals surface area contributed by atoms with Crippen molar-refractivity contribution in [1.29, 1.82) is 0 Å². The number of benzene rings is 1. The summed E-state index contributed by atoms with van der Waals surface area (Å²) in [7, 11) is 0. The molecular formula is C17H15FeI. The number of hydrogen-bond acceptors (Lipinski definition) is 0. The number of hydrogen-bond donors (Lipinski definition) is 0. The number of halogens is 1.